The zero-order valence-corrected chi connectivity index (χ0v) is 16.2. The van der Waals surface area contributed by atoms with Gasteiger partial charge in [-0.25, -0.2) is 5.01 Å². The van der Waals surface area contributed by atoms with E-state index in [1.807, 2.05) is 30.7 Å². The van der Waals surface area contributed by atoms with Crippen LogP contribution in [0.1, 0.15) is 41.8 Å². The number of rotatable bonds is 6. The van der Waals surface area contributed by atoms with Crippen LogP contribution < -0.4 is 0 Å². The number of hydrazine groups is 1. The van der Waals surface area contributed by atoms with Crippen LogP contribution in [0, 0.1) is 6.92 Å². The summed E-state index contributed by atoms with van der Waals surface area (Å²) in [5.74, 6) is 0. The average molecular weight is 348 g/mol. The van der Waals surface area contributed by atoms with Crippen molar-refractivity contribution in [3.63, 3.8) is 0 Å². The lowest BCUT2D eigenvalue weighted by atomic mass is 9.97. The summed E-state index contributed by atoms with van der Waals surface area (Å²) in [6.07, 6.45) is 11.8. The maximum Gasteiger partial charge on any atom is 0.0906 e. The molecule has 1 aliphatic heterocycles. The molecule has 0 aromatic carbocycles. The molecule has 3 rings (SSSR count). The fourth-order valence-corrected chi connectivity index (χ4v) is 3.72. The highest BCUT2D eigenvalue weighted by atomic mass is 15.6. The third kappa shape index (κ3) is 3.56. The van der Waals surface area contributed by atoms with Gasteiger partial charge in [-0.05, 0) is 68.0 Å². The summed E-state index contributed by atoms with van der Waals surface area (Å²) in [6, 6.07) is 4.62. The Hall–Kier alpha value is -2.46. The molecule has 0 unspecified atom stereocenters. The quantitative estimate of drug-likeness (QED) is 0.786. The number of aromatic nitrogens is 2. The van der Waals surface area contributed by atoms with Gasteiger partial charge in [0.15, 0.2) is 0 Å². The van der Waals surface area contributed by atoms with Crippen LogP contribution in [0.4, 0.5) is 0 Å². The van der Waals surface area contributed by atoms with E-state index in [0.717, 1.165) is 25.1 Å². The standard InChI is InChI=1S/C22H28N4/c1-6-20-17(4)14-23-15-19(20)10-9-18-8-7-12-24-22(18)21-11-13-25(5)26(21)16(2)3/h6-8,11-12,14-16H,1,9-10,13H2,2-5H3. The lowest BCUT2D eigenvalue weighted by Gasteiger charge is -2.33. The molecule has 3 heterocycles. The van der Waals surface area contributed by atoms with Crippen molar-refractivity contribution in [1.29, 1.82) is 0 Å². The molecule has 4 heteroatoms. The van der Waals surface area contributed by atoms with Crippen molar-refractivity contribution in [3.05, 3.63) is 71.3 Å². The number of aryl methyl sites for hydroxylation is 3. The van der Waals surface area contributed by atoms with Crippen molar-refractivity contribution in [2.75, 3.05) is 13.6 Å². The highest BCUT2D eigenvalue weighted by molar-refractivity contribution is 5.65. The fourth-order valence-electron chi connectivity index (χ4n) is 3.72. The molecule has 0 fully saturated rings. The van der Waals surface area contributed by atoms with Gasteiger partial charge in [0.05, 0.1) is 11.4 Å². The molecule has 0 atom stereocenters. The molecule has 2 aromatic heterocycles. The van der Waals surface area contributed by atoms with Gasteiger partial charge in [-0.1, -0.05) is 18.7 Å². The van der Waals surface area contributed by atoms with Crippen molar-refractivity contribution >= 4 is 11.8 Å². The van der Waals surface area contributed by atoms with E-state index in [9.17, 15) is 0 Å². The second kappa shape index (κ2) is 7.83. The highest BCUT2D eigenvalue weighted by Gasteiger charge is 2.26. The first kappa shape index (κ1) is 18.3. The molecular formula is C22H28N4. The maximum atomic E-state index is 4.73. The predicted molar refractivity (Wildman–Crippen MR) is 108 cm³/mol. The number of hydrogen-bond donors (Lipinski definition) is 0. The van der Waals surface area contributed by atoms with E-state index >= 15 is 0 Å². The van der Waals surface area contributed by atoms with Crippen LogP contribution in [-0.2, 0) is 12.8 Å². The normalized spacial score (nSPS) is 14.8. The zero-order valence-electron chi connectivity index (χ0n) is 16.2. The van der Waals surface area contributed by atoms with Crippen molar-refractivity contribution < 1.29 is 0 Å². The summed E-state index contributed by atoms with van der Waals surface area (Å²) in [5, 5.41) is 4.58. The van der Waals surface area contributed by atoms with Gasteiger partial charge in [-0.2, -0.15) is 0 Å². The molecule has 26 heavy (non-hydrogen) atoms. The van der Waals surface area contributed by atoms with Gasteiger partial charge in [0.25, 0.3) is 0 Å². The number of likely N-dealkylation sites (N-methyl/N-ethyl adjacent to an activating group) is 1. The van der Waals surface area contributed by atoms with Crippen molar-refractivity contribution in [3.8, 4) is 0 Å². The van der Waals surface area contributed by atoms with Crippen LogP contribution in [0.15, 0.2) is 43.4 Å². The second-order valence-electron chi connectivity index (χ2n) is 7.11. The molecule has 0 saturated heterocycles. The van der Waals surface area contributed by atoms with Crippen LogP contribution in [-0.4, -0.2) is 39.6 Å². The van der Waals surface area contributed by atoms with E-state index in [1.54, 1.807) is 0 Å². The van der Waals surface area contributed by atoms with Gasteiger partial charge in [0.2, 0.25) is 0 Å². The van der Waals surface area contributed by atoms with E-state index < -0.39 is 0 Å². The molecule has 0 amide bonds. The third-order valence-electron chi connectivity index (χ3n) is 4.92. The summed E-state index contributed by atoms with van der Waals surface area (Å²) in [6.45, 7) is 11.4. The first-order valence-corrected chi connectivity index (χ1v) is 9.23. The topological polar surface area (TPSA) is 32.3 Å². The lowest BCUT2D eigenvalue weighted by molar-refractivity contribution is 0.0634. The Bertz CT molecular complexity index is 823. The Kier molecular flexibility index (Phi) is 5.52. The van der Waals surface area contributed by atoms with Crippen LogP contribution in [0.2, 0.25) is 0 Å². The third-order valence-corrected chi connectivity index (χ3v) is 4.92. The minimum atomic E-state index is 0.400. The summed E-state index contributed by atoms with van der Waals surface area (Å²) in [7, 11) is 2.13. The van der Waals surface area contributed by atoms with Crippen LogP contribution in [0.25, 0.3) is 11.8 Å². The number of nitrogens with zero attached hydrogens (tertiary/aromatic N) is 4. The van der Waals surface area contributed by atoms with Crippen molar-refractivity contribution in [1.82, 2.24) is 20.0 Å². The van der Waals surface area contributed by atoms with Gasteiger partial charge in [0.1, 0.15) is 0 Å². The monoisotopic (exact) mass is 348 g/mol. The molecule has 1 aliphatic rings. The SMILES string of the molecule is C=Cc1c(C)cncc1CCc1cccnc1C1=CCN(C)N1C(C)C. The molecule has 136 valence electrons. The largest absolute Gasteiger partial charge is 0.301 e. The van der Waals surface area contributed by atoms with E-state index in [0.29, 0.717) is 6.04 Å². The van der Waals surface area contributed by atoms with Crippen molar-refractivity contribution in [2.24, 2.45) is 0 Å². The van der Waals surface area contributed by atoms with E-state index in [4.69, 9.17) is 4.98 Å². The fraction of sp³-hybridized carbons (Fsp3) is 0.364. The minimum absolute atomic E-state index is 0.400. The second-order valence-corrected chi connectivity index (χ2v) is 7.11. The molecule has 2 aromatic rings. The molecule has 0 aliphatic carbocycles. The van der Waals surface area contributed by atoms with Crippen molar-refractivity contribution in [2.45, 2.75) is 39.7 Å². The van der Waals surface area contributed by atoms with Gasteiger partial charge < -0.3 is 5.01 Å². The Labute approximate surface area is 156 Å². The molecule has 0 saturated carbocycles. The first-order valence-electron chi connectivity index (χ1n) is 9.23. The summed E-state index contributed by atoms with van der Waals surface area (Å²) in [5.41, 5.74) is 7.20. The number of hydrogen-bond acceptors (Lipinski definition) is 4. The van der Waals surface area contributed by atoms with E-state index in [1.165, 1.54) is 28.0 Å². The Morgan fingerprint density at radius 3 is 2.73 bits per heavy atom. The van der Waals surface area contributed by atoms with Gasteiger partial charge in [0, 0.05) is 38.2 Å². The van der Waals surface area contributed by atoms with Gasteiger partial charge in [-0.3, -0.25) is 9.97 Å². The maximum absolute atomic E-state index is 4.73. The van der Waals surface area contributed by atoms with Crippen LogP contribution >= 0.6 is 0 Å². The van der Waals surface area contributed by atoms with Crippen LogP contribution in [0.3, 0.4) is 0 Å². The van der Waals surface area contributed by atoms with Gasteiger partial charge in [-0.15, -0.1) is 0 Å². The predicted octanol–water partition coefficient (Wildman–Crippen LogP) is 4.12. The smallest absolute Gasteiger partial charge is 0.0906 e. The van der Waals surface area contributed by atoms with E-state index in [-0.39, 0.29) is 0 Å². The minimum Gasteiger partial charge on any atom is -0.301 e. The van der Waals surface area contributed by atoms with Crippen LogP contribution in [0.5, 0.6) is 0 Å². The molecule has 4 nitrogen and oxygen atoms in total. The average Bonchev–Trinajstić information content (AvgIpc) is 3.02. The first-order chi connectivity index (χ1) is 12.5. The molecular weight excluding hydrogens is 320 g/mol. The molecule has 0 spiro atoms. The molecule has 0 N–H and O–H groups in total. The molecule has 0 radical (unpaired) electrons. The molecule has 0 bridgehead atoms. The Morgan fingerprint density at radius 1 is 1.23 bits per heavy atom. The zero-order chi connectivity index (χ0) is 18.7. The summed E-state index contributed by atoms with van der Waals surface area (Å²) >= 11 is 0. The summed E-state index contributed by atoms with van der Waals surface area (Å²) in [4.78, 5) is 9.09. The Morgan fingerprint density at radius 2 is 2.00 bits per heavy atom. The van der Waals surface area contributed by atoms with Gasteiger partial charge >= 0.3 is 0 Å². The number of pyridine rings is 2. The lowest BCUT2D eigenvalue weighted by Crippen LogP contribution is -2.39. The highest BCUT2D eigenvalue weighted by Crippen LogP contribution is 2.29. The van der Waals surface area contributed by atoms with E-state index in [2.05, 4.69) is 61.5 Å². The summed E-state index contributed by atoms with van der Waals surface area (Å²) < 4.78 is 0. The Balaban J connectivity index is 1.87.